The van der Waals surface area contributed by atoms with E-state index in [0.29, 0.717) is 11.4 Å². The molecule has 2 heterocycles. The van der Waals surface area contributed by atoms with Gasteiger partial charge >= 0.3 is 5.97 Å². The summed E-state index contributed by atoms with van der Waals surface area (Å²) in [5, 5.41) is 36.2. The van der Waals surface area contributed by atoms with Crippen LogP contribution in [-0.4, -0.2) is 42.9 Å². The standard InChI is InChI=1S/C26H18N2O2.C4H8N2O2/c29-26(30)23(19-11-5-9-17-15-7-1-3-13-21(15)27-24(17)19)20-12-6-10-18-16-8-2-4-14-22(16)28-25(18)20;1-3(5-7)4(2)6-8/h1-14,23,27-28H,(H,29,30);7-8H,1-2H3/b;5-3+,6-4+. The summed E-state index contributed by atoms with van der Waals surface area (Å²) in [5.41, 5.74) is 5.92. The van der Waals surface area contributed by atoms with Crippen molar-refractivity contribution in [3.63, 3.8) is 0 Å². The summed E-state index contributed by atoms with van der Waals surface area (Å²) in [5.74, 6) is -1.66. The van der Waals surface area contributed by atoms with E-state index in [9.17, 15) is 9.90 Å². The molecule has 0 radical (unpaired) electrons. The molecule has 0 aliphatic carbocycles. The van der Waals surface area contributed by atoms with Gasteiger partial charge in [-0.15, -0.1) is 0 Å². The average molecular weight is 507 g/mol. The van der Waals surface area contributed by atoms with Gasteiger partial charge in [0, 0.05) is 32.6 Å². The first kappa shape index (κ1) is 24.6. The molecular weight excluding hydrogens is 480 g/mol. The highest BCUT2D eigenvalue weighted by Crippen LogP contribution is 2.38. The fourth-order valence-electron chi connectivity index (χ4n) is 4.85. The number of carboxylic acid groups (broad SMARTS) is 1. The van der Waals surface area contributed by atoms with E-state index in [1.807, 2.05) is 72.8 Å². The monoisotopic (exact) mass is 506 g/mol. The molecule has 2 aromatic heterocycles. The lowest BCUT2D eigenvalue weighted by Gasteiger charge is -2.15. The number of hydrogen-bond acceptors (Lipinski definition) is 5. The van der Waals surface area contributed by atoms with Gasteiger partial charge in [0.2, 0.25) is 0 Å². The summed E-state index contributed by atoms with van der Waals surface area (Å²) in [7, 11) is 0. The summed E-state index contributed by atoms with van der Waals surface area (Å²) in [6.45, 7) is 3.07. The van der Waals surface area contributed by atoms with Crippen LogP contribution in [0.1, 0.15) is 30.9 Å². The quantitative estimate of drug-likeness (QED) is 0.101. The summed E-state index contributed by atoms with van der Waals surface area (Å²) >= 11 is 0. The molecule has 0 amide bonds. The van der Waals surface area contributed by atoms with E-state index in [1.165, 1.54) is 13.8 Å². The van der Waals surface area contributed by atoms with Gasteiger partial charge in [0.15, 0.2) is 0 Å². The van der Waals surface area contributed by atoms with Crippen LogP contribution in [0.2, 0.25) is 0 Å². The number of aromatic amines is 2. The number of nitrogens with one attached hydrogen (secondary N) is 2. The molecule has 0 aliphatic heterocycles. The molecule has 0 atom stereocenters. The number of benzene rings is 4. The normalized spacial score (nSPS) is 12.4. The zero-order valence-corrected chi connectivity index (χ0v) is 20.8. The molecule has 8 heteroatoms. The number of aliphatic carboxylic acids is 1. The molecule has 38 heavy (non-hydrogen) atoms. The van der Waals surface area contributed by atoms with E-state index in [-0.39, 0.29) is 0 Å². The molecule has 0 saturated carbocycles. The number of carboxylic acids is 1. The molecule has 0 fully saturated rings. The Kier molecular flexibility index (Phi) is 6.53. The molecule has 0 unspecified atom stereocenters. The first-order valence-corrected chi connectivity index (χ1v) is 12.0. The lowest BCUT2D eigenvalue weighted by molar-refractivity contribution is -0.137. The molecular formula is C30H26N4O4. The number of fused-ring (bicyclic) bond motifs is 6. The fourth-order valence-corrected chi connectivity index (χ4v) is 4.85. The van der Waals surface area contributed by atoms with Gasteiger partial charge in [0.1, 0.15) is 17.3 Å². The number of H-pyrrole nitrogens is 2. The van der Waals surface area contributed by atoms with Crippen molar-refractivity contribution in [2.75, 3.05) is 0 Å². The van der Waals surface area contributed by atoms with Crippen LogP contribution in [0.25, 0.3) is 43.6 Å². The first-order valence-electron chi connectivity index (χ1n) is 12.0. The van der Waals surface area contributed by atoms with Gasteiger partial charge < -0.3 is 25.5 Å². The molecule has 6 rings (SSSR count). The highest BCUT2D eigenvalue weighted by molar-refractivity contribution is 6.40. The number of hydrogen-bond donors (Lipinski definition) is 5. The SMILES string of the molecule is CC(=N\O)/C(C)=N/O.O=C(O)C(c1cccc2c1[nH]c1ccccc12)c1cccc2c1[nH]c1ccccc12. The zero-order valence-electron chi connectivity index (χ0n) is 20.8. The van der Waals surface area contributed by atoms with E-state index < -0.39 is 11.9 Å². The van der Waals surface area contributed by atoms with E-state index in [0.717, 1.165) is 54.7 Å². The van der Waals surface area contributed by atoms with Gasteiger partial charge in [-0.05, 0) is 37.1 Å². The molecule has 5 N–H and O–H groups in total. The highest BCUT2D eigenvalue weighted by atomic mass is 16.4. The maximum atomic E-state index is 12.6. The van der Waals surface area contributed by atoms with Crippen LogP contribution in [0.5, 0.6) is 0 Å². The van der Waals surface area contributed by atoms with Gasteiger partial charge in [-0.1, -0.05) is 83.1 Å². The van der Waals surface area contributed by atoms with Gasteiger partial charge in [-0.2, -0.15) is 0 Å². The topological polar surface area (TPSA) is 134 Å². The molecule has 0 aliphatic rings. The second-order valence-corrected chi connectivity index (χ2v) is 9.02. The maximum absolute atomic E-state index is 12.6. The number of rotatable bonds is 4. The van der Waals surface area contributed by atoms with E-state index in [2.05, 4.69) is 32.4 Å². The van der Waals surface area contributed by atoms with E-state index >= 15 is 0 Å². The number of nitrogens with zero attached hydrogens (tertiary/aromatic N) is 2. The Morgan fingerprint density at radius 1 is 0.632 bits per heavy atom. The second kappa shape index (κ2) is 10.1. The predicted molar refractivity (Wildman–Crippen MR) is 151 cm³/mol. The minimum atomic E-state index is -0.868. The van der Waals surface area contributed by atoms with Crippen molar-refractivity contribution in [1.82, 2.24) is 9.97 Å². The predicted octanol–water partition coefficient (Wildman–Crippen LogP) is 6.86. The van der Waals surface area contributed by atoms with Crippen molar-refractivity contribution in [2.45, 2.75) is 19.8 Å². The van der Waals surface area contributed by atoms with Crippen LogP contribution in [-0.2, 0) is 4.79 Å². The van der Waals surface area contributed by atoms with Crippen LogP contribution >= 0.6 is 0 Å². The number of carbonyl (C=O) groups is 1. The van der Waals surface area contributed by atoms with Gasteiger partial charge in [-0.3, -0.25) is 4.79 Å². The lowest BCUT2D eigenvalue weighted by Crippen LogP contribution is -2.14. The second-order valence-electron chi connectivity index (χ2n) is 9.02. The van der Waals surface area contributed by atoms with Crippen molar-refractivity contribution in [2.24, 2.45) is 10.3 Å². The third-order valence-corrected chi connectivity index (χ3v) is 6.84. The Labute approximate surface area is 217 Å². The summed E-state index contributed by atoms with van der Waals surface area (Å²) in [4.78, 5) is 19.5. The smallest absolute Gasteiger partial charge is 0.315 e. The third kappa shape index (κ3) is 4.22. The van der Waals surface area contributed by atoms with Crippen molar-refractivity contribution < 1.29 is 20.3 Å². The summed E-state index contributed by atoms with van der Waals surface area (Å²) < 4.78 is 0. The van der Waals surface area contributed by atoms with Crippen LogP contribution in [0.4, 0.5) is 0 Å². The molecule has 0 bridgehead atoms. The minimum Gasteiger partial charge on any atom is -0.481 e. The van der Waals surface area contributed by atoms with E-state index in [1.54, 1.807) is 0 Å². The van der Waals surface area contributed by atoms with Crippen LogP contribution in [0, 0.1) is 0 Å². The zero-order chi connectivity index (χ0) is 26.8. The number of aromatic nitrogens is 2. The van der Waals surface area contributed by atoms with Crippen molar-refractivity contribution in [3.05, 3.63) is 96.1 Å². The van der Waals surface area contributed by atoms with Crippen LogP contribution < -0.4 is 0 Å². The Hall–Kier alpha value is -5.11. The molecule has 4 aromatic carbocycles. The Morgan fingerprint density at radius 3 is 1.42 bits per heavy atom. The Morgan fingerprint density at radius 2 is 1.03 bits per heavy atom. The Balaban J connectivity index is 0.000000323. The Bertz CT molecular complexity index is 1730. The van der Waals surface area contributed by atoms with Gasteiger partial charge in [0.25, 0.3) is 0 Å². The lowest BCUT2D eigenvalue weighted by atomic mass is 9.88. The molecule has 0 saturated heterocycles. The summed E-state index contributed by atoms with van der Waals surface area (Å²) in [6, 6.07) is 27.9. The van der Waals surface area contributed by atoms with Gasteiger partial charge in [0.05, 0.1) is 11.0 Å². The van der Waals surface area contributed by atoms with Crippen molar-refractivity contribution in [1.29, 1.82) is 0 Å². The summed E-state index contributed by atoms with van der Waals surface area (Å²) in [6.07, 6.45) is 0. The molecule has 8 nitrogen and oxygen atoms in total. The maximum Gasteiger partial charge on any atom is 0.315 e. The van der Waals surface area contributed by atoms with Crippen molar-refractivity contribution >= 4 is 61.0 Å². The van der Waals surface area contributed by atoms with Crippen LogP contribution in [0.3, 0.4) is 0 Å². The van der Waals surface area contributed by atoms with Crippen LogP contribution in [0.15, 0.2) is 95.2 Å². The molecule has 6 aromatic rings. The molecule has 190 valence electrons. The van der Waals surface area contributed by atoms with E-state index in [4.69, 9.17) is 10.4 Å². The largest absolute Gasteiger partial charge is 0.481 e. The molecule has 0 spiro atoms. The third-order valence-electron chi connectivity index (χ3n) is 6.84. The minimum absolute atomic E-state index is 0.313. The fraction of sp³-hybridized carbons (Fsp3) is 0.100. The first-order chi connectivity index (χ1) is 18.4. The average Bonchev–Trinajstić information content (AvgIpc) is 3.52. The van der Waals surface area contributed by atoms with Gasteiger partial charge in [-0.25, -0.2) is 0 Å². The highest BCUT2D eigenvalue weighted by Gasteiger charge is 2.27. The number of para-hydroxylation sites is 4. The number of oxime groups is 2. The van der Waals surface area contributed by atoms with Crippen molar-refractivity contribution in [3.8, 4) is 0 Å².